The van der Waals surface area contributed by atoms with Crippen LogP contribution in [0.25, 0.3) is 0 Å². The van der Waals surface area contributed by atoms with Crippen LogP contribution in [0, 0.1) is 6.92 Å². The fourth-order valence-corrected chi connectivity index (χ4v) is 2.67. The van der Waals surface area contributed by atoms with Crippen LogP contribution in [-0.2, 0) is 4.74 Å². The first kappa shape index (κ1) is 13.4. The Hall–Kier alpha value is -1.07. The van der Waals surface area contributed by atoms with Crippen LogP contribution in [0.1, 0.15) is 15.9 Å². The molecule has 0 N–H and O–H groups in total. The molecule has 0 radical (unpaired) electrons. The highest BCUT2D eigenvalue weighted by Gasteiger charge is 2.23. The van der Waals surface area contributed by atoms with Crippen LogP contribution in [-0.4, -0.2) is 44.2 Å². The number of carbonyl (C=O) groups excluding carboxylic acids is 1. The topological polar surface area (TPSA) is 38.8 Å². The first-order chi connectivity index (χ1) is 8.65. The number of ether oxygens (including phenoxy) is 2. The molecule has 1 heterocycles. The maximum absolute atomic E-state index is 12.5. The van der Waals surface area contributed by atoms with Crippen molar-refractivity contribution in [2.45, 2.75) is 6.92 Å². The summed E-state index contributed by atoms with van der Waals surface area (Å²) in [6.07, 6.45) is 0. The number of halogens is 1. The van der Waals surface area contributed by atoms with Crippen molar-refractivity contribution >= 4 is 21.8 Å². The fourth-order valence-electron chi connectivity index (χ4n) is 2.07. The van der Waals surface area contributed by atoms with E-state index in [1.165, 1.54) is 0 Å². The van der Waals surface area contributed by atoms with Crippen LogP contribution >= 0.6 is 15.9 Å². The maximum Gasteiger partial charge on any atom is 0.255 e. The molecule has 1 aromatic rings. The standard InChI is InChI=1S/C13H16BrNO3/c1-9-11(17-2)4-3-10(14)12(9)13(16)15-5-7-18-8-6-15/h3-4H,5-8H2,1-2H3. The Morgan fingerprint density at radius 3 is 2.67 bits per heavy atom. The fraction of sp³-hybridized carbons (Fsp3) is 0.462. The normalized spacial score (nSPS) is 15.6. The zero-order valence-electron chi connectivity index (χ0n) is 10.5. The molecule has 1 aliphatic heterocycles. The number of nitrogens with zero attached hydrogens (tertiary/aromatic N) is 1. The Morgan fingerprint density at radius 1 is 1.39 bits per heavy atom. The second-order valence-corrected chi connectivity index (χ2v) is 5.01. The summed E-state index contributed by atoms with van der Waals surface area (Å²) in [6.45, 7) is 4.39. The van der Waals surface area contributed by atoms with Gasteiger partial charge in [0.2, 0.25) is 0 Å². The molecule has 5 heteroatoms. The minimum atomic E-state index is 0.0292. The zero-order chi connectivity index (χ0) is 13.1. The molecule has 4 nitrogen and oxygen atoms in total. The van der Waals surface area contributed by atoms with Gasteiger partial charge in [-0.15, -0.1) is 0 Å². The van der Waals surface area contributed by atoms with Crippen molar-refractivity contribution in [3.8, 4) is 5.75 Å². The van der Waals surface area contributed by atoms with Crippen LogP contribution in [0.15, 0.2) is 16.6 Å². The molecule has 0 unspecified atom stereocenters. The molecule has 0 atom stereocenters. The van der Waals surface area contributed by atoms with E-state index in [9.17, 15) is 4.79 Å². The minimum absolute atomic E-state index is 0.0292. The van der Waals surface area contributed by atoms with Crippen molar-refractivity contribution in [2.75, 3.05) is 33.4 Å². The summed E-state index contributed by atoms with van der Waals surface area (Å²) >= 11 is 3.44. The monoisotopic (exact) mass is 313 g/mol. The molecule has 0 bridgehead atoms. The van der Waals surface area contributed by atoms with Gasteiger partial charge >= 0.3 is 0 Å². The highest BCUT2D eigenvalue weighted by molar-refractivity contribution is 9.10. The summed E-state index contributed by atoms with van der Waals surface area (Å²) in [5.74, 6) is 0.761. The number of methoxy groups -OCH3 is 1. The molecule has 98 valence electrons. The lowest BCUT2D eigenvalue weighted by atomic mass is 10.1. The van der Waals surface area contributed by atoms with Gasteiger partial charge in [0.05, 0.1) is 25.9 Å². The van der Waals surface area contributed by atoms with Gasteiger partial charge < -0.3 is 14.4 Å². The molecule has 0 aromatic heterocycles. The number of morpholine rings is 1. The average Bonchev–Trinajstić information content (AvgIpc) is 2.40. The lowest BCUT2D eigenvalue weighted by Gasteiger charge is -2.28. The Labute approximate surface area is 115 Å². The number of hydrogen-bond acceptors (Lipinski definition) is 3. The Kier molecular flexibility index (Phi) is 4.24. The van der Waals surface area contributed by atoms with E-state index in [1.54, 1.807) is 7.11 Å². The second-order valence-electron chi connectivity index (χ2n) is 4.15. The summed E-state index contributed by atoms with van der Waals surface area (Å²) in [6, 6.07) is 3.70. The van der Waals surface area contributed by atoms with Gasteiger partial charge in [0, 0.05) is 23.1 Å². The number of benzene rings is 1. The smallest absolute Gasteiger partial charge is 0.255 e. The zero-order valence-corrected chi connectivity index (χ0v) is 12.1. The van der Waals surface area contributed by atoms with Crippen molar-refractivity contribution in [3.63, 3.8) is 0 Å². The number of amides is 1. The first-order valence-corrected chi connectivity index (χ1v) is 6.64. The SMILES string of the molecule is COc1ccc(Br)c(C(=O)N2CCOCC2)c1C. The van der Waals surface area contributed by atoms with Gasteiger partial charge in [-0.3, -0.25) is 4.79 Å². The van der Waals surface area contributed by atoms with E-state index in [1.807, 2.05) is 24.0 Å². The summed E-state index contributed by atoms with van der Waals surface area (Å²) < 4.78 is 11.3. The minimum Gasteiger partial charge on any atom is -0.496 e. The van der Waals surface area contributed by atoms with E-state index in [4.69, 9.17) is 9.47 Å². The Morgan fingerprint density at radius 2 is 2.06 bits per heavy atom. The molecule has 1 fully saturated rings. The molecule has 0 spiro atoms. The highest BCUT2D eigenvalue weighted by Crippen LogP contribution is 2.29. The molecule has 1 saturated heterocycles. The van der Waals surface area contributed by atoms with Gasteiger partial charge in [0.15, 0.2) is 0 Å². The van der Waals surface area contributed by atoms with Crippen molar-refractivity contribution in [2.24, 2.45) is 0 Å². The third-order valence-corrected chi connectivity index (χ3v) is 3.76. The lowest BCUT2D eigenvalue weighted by Crippen LogP contribution is -2.41. The van der Waals surface area contributed by atoms with E-state index >= 15 is 0 Å². The first-order valence-electron chi connectivity index (χ1n) is 5.85. The number of hydrogen-bond donors (Lipinski definition) is 0. The molecule has 0 aliphatic carbocycles. The Bertz CT molecular complexity index is 456. The van der Waals surface area contributed by atoms with E-state index in [0.717, 1.165) is 15.8 Å². The molecule has 2 rings (SSSR count). The van der Waals surface area contributed by atoms with Crippen LogP contribution < -0.4 is 4.74 Å². The maximum atomic E-state index is 12.5. The molecule has 18 heavy (non-hydrogen) atoms. The van der Waals surface area contributed by atoms with Gasteiger partial charge in [-0.2, -0.15) is 0 Å². The van der Waals surface area contributed by atoms with Gasteiger partial charge in [-0.1, -0.05) is 0 Å². The quantitative estimate of drug-likeness (QED) is 0.840. The molecule has 1 amide bonds. The van der Waals surface area contributed by atoms with Crippen molar-refractivity contribution in [1.82, 2.24) is 4.90 Å². The van der Waals surface area contributed by atoms with Crippen LogP contribution in [0.5, 0.6) is 5.75 Å². The van der Waals surface area contributed by atoms with Crippen molar-refractivity contribution in [1.29, 1.82) is 0 Å². The number of carbonyl (C=O) groups is 1. The predicted molar refractivity (Wildman–Crippen MR) is 72.2 cm³/mol. The van der Waals surface area contributed by atoms with Crippen LogP contribution in [0.2, 0.25) is 0 Å². The second kappa shape index (κ2) is 5.71. The molecular formula is C13H16BrNO3. The van der Waals surface area contributed by atoms with E-state index in [2.05, 4.69) is 15.9 Å². The van der Waals surface area contributed by atoms with Crippen molar-refractivity contribution in [3.05, 3.63) is 27.7 Å². The molecule has 1 aromatic carbocycles. The summed E-state index contributed by atoms with van der Waals surface area (Å²) in [4.78, 5) is 14.3. The van der Waals surface area contributed by atoms with Gasteiger partial charge in [0.1, 0.15) is 5.75 Å². The van der Waals surface area contributed by atoms with Crippen molar-refractivity contribution < 1.29 is 14.3 Å². The van der Waals surface area contributed by atoms with Gasteiger partial charge in [0.25, 0.3) is 5.91 Å². The van der Waals surface area contributed by atoms with E-state index in [0.29, 0.717) is 31.9 Å². The molecular weight excluding hydrogens is 298 g/mol. The van der Waals surface area contributed by atoms with E-state index < -0.39 is 0 Å². The van der Waals surface area contributed by atoms with Crippen LogP contribution in [0.3, 0.4) is 0 Å². The van der Waals surface area contributed by atoms with Gasteiger partial charge in [-0.25, -0.2) is 0 Å². The Balaban J connectivity index is 2.34. The molecule has 0 saturated carbocycles. The summed E-state index contributed by atoms with van der Waals surface area (Å²) in [7, 11) is 1.61. The van der Waals surface area contributed by atoms with Crippen LogP contribution in [0.4, 0.5) is 0 Å². The largest absolute Gasteiger partial charge is 0.496 e. The molecule has 1 aliphatic rings. The average molecular weight is 314 g/mol. The van der Waals surface area contributed by atoms with Gasteiger partial charge in [-0.05, 0) is 35.0 Å². The third kappa shape index (κ3) is 2.52. The number of rotatable bonds is 2. The highest BCUT2D eigenvalue weighted by atomic mass is 79.9. The van der Waals surface area contributed by atoms with E-state index in [-0.39, 0.29) is 5.91 Å². The summed E-state index contributed by atoms with van der Waals surface area (Å²) in [5, 5.41) is 0. The predicted octanol–water partition coefficient (Wildman–Crippen LogP) is 2.24. The lowest BCUT2D eigenvalue weighted by molar-refractivity contribution is 0.0301. The third-order valence-electron chi connectivity index (χ3n) is 3.10. The summed E-state index contributed by atoms with van der Waals surface area (Å²) in [5.41, 5.74) is 1.54.